The van der Waals surface area contributed by atoms with E-state index in [4.69, 9.17) is 9.52 Å². The smallest absolute Gasteiger partial charge is 0.244 e. The summed E-state index contributed by atoms with van der Waals surface area (Å²) in [6.07, 6.45) is 1.51. The quantitative estimate of drug-likeness (QED) is 0.776. The van der Waals surface area contributed by atoms with Gasteiger partial charge in [0.2, 0.25) is 11.7 Å². The summed E-state index contributed by atoms with van der Waals surface area (Å²) < 4.78 is 5.12. The van der Waals surface area contributed by atoms with Gasteiger partial charge in [0.25, 0.3) is 0 Å². The number of tetrazole rings is 1. The standard InChI is InChI=1S/C11H15N5O3/c1-11(2,7-17)12-9(18)6-16-14-10(13-15-16)8-4-3-5-19-8/h3-5,17H,6-7H2,1-2H3,(H,12,18). The molecule has 0 fully saturated rings. The van der Waals surface area contributed by atoms with Crippen molar-refractivity contribution in [2.75, 3.05) is 6.61 Å². The molecule has 0 aliphatic heterocycles. The van der Waals surface area contributed by atoms with E-state index in [2.05, 4.69) is 20.7 Å². The van der Waals surface area contributed by atoms with Crippen LogP contribution in [0.4, 0.5) is 0 Å². The Morgan fingerprint density at radius 1 is 1.58 bits per heavy atom. The molecule has 2 heterocycles. The molecule has 0 spiro atoms. The van der Waals surface area contributed by atoms with Crippen LogP contribution in [0.3, 0.4) is 0 Å². The first-order chi connectivity index (χ1) is 9.00. The van der Waals surface area contributed by atoms with Crippen molar-refractivity contribution in [3.8, 4) is 11.6 Å². The Hall–Kier alpha value is -2.22. The second-order valence-electron chi connectivity index (χ2n) is 4.71. The minimum absolute atomic E-state index is 0.0723. The number of nitrogens with one attached hydrogen (secondary N) is 1. The van der Waals surface area contributed by atoms with Crippen molar-refractivity contribution >= 4 is 5.91 Å². The van der Waals surface area contributed by atoms with Gasteiger partial charge in [0.1, 0.15) is 6.54 Å². The molecule has 2 N–H and O–H groups in total. The first kappa shape index (κ1) is 13.2. The molecule has 0 radical (unpaired) electrons. The first-order valence-corrected chi connectivity index (χ1v) is 5.74. The Bertz CT molecular complexity index is 546. The molecular formula is C11H15N5O3. The van der Waals surface area contributed by atoms with Crippen LogP contribution >= 0.6 is 0 Å². The molecule has 0 aromatic carbocycles. The fourth-order valence-corrected chi connectivity index (χ4v) is 1.40. The van der Waals surface area contributed by atoms with Crippen LogP contribution in [0, 0.1) is 0 Å². The number of hydrogen-bond acceptors (Lipinski definition) is 6. The molecule has 0 bridgehead atoms. The van der Waals surface area contributed by atoms with Gasteiger partial charge in [-0.1, -0.05) is 0 Å². The third kappa shape index (κ3) is 3.38. The van der Waals surface area contributed by atoms with Crippen molar-refractivity contribution < 1.29 is 14.3 Å². The molecule has 8 nitrogen and oxygen atoms in total. The Kier molecular flexibility index (Phi) is 3.61. The Morgan fingerprint density at radius 3 is 3.00 bits per heavy atom. The minimum atomic E-state index is -0.679. The third-order valence-electron chi connectivity index (χ3n) is 2.35. The maximum absolute atomic E-state index is 11.7. The van der Waals surface area contributed by atoms with Crippen LogP contribution < -0.4 is 5.32 Å². The van der Waals surface area contributed by atoms with E-state index < -0.39 is 5.54 Å². The molecule has 0 saturated heterocycles. The molecule has 2 aromatic rings. The van der Waals surface area contributed by atoms with Crippen molar-refractivity contribution in [1.82, 2.24) is 25.5 Å². The first-order valence-electron chi connectivity index (χ1n) is 5.74. The van der Waals surface area contributed by atoms with Crippen molar-refractivity contribution in [3.63, 3.8) is 0 Å². The molecule has 1 amide bonds. The zero-order chi connectivity index (χ0) is 13.9. The van der Waals surface area contributed by atoms with Crippen molar-refractivity contribution in [3.05, 3.63) is 18.4 Å². The number of aliphatic hydroxyl groups excluding tert-OH is 1. The summed E-state index contributed by atoms with van der Waals surface area (Å²) in [6, 6.07) is 3.42. The number of carbonyl (C=O) groups excluding carboxylic acids is 1. The van der Waals surface area contributed by atoms with E-state index in [1.807, 2.05) is 0 Å². The molecular weight excluding hydrogens is 250 g/mol. The number of carbonyl (C=O) groups is 1. The molecule has 19 heavy (non-hydrogen) atoms. The number of hydrogen-bond donors (Lipinski definition) is 2. The molecule has 0 atom stereocenters. The maximum Gasteiger partial charge on any atom is 0.244 e. The van der Waals surface area contributed by atoms with E-state index in [0.717, 1.165) is 0 Å². The zero-order valence-corrected chi connectivity index (χ0v) is 10.7. The lowest BCUT2D eigenvalue weighted by Crippen LogP contribution is -2.47. The van der Waals surface area contributed by atoms with Gasteiger partial charge >= 0.3 is 0 Å². The van der Waals surface area contributed by atoms with E-state index >= 15 is 0 Å². The number of amides is 1. The largest absolute Gasteiger partial charge is 0.461 e. The molecule has 0 aliphatic carbocycles. The molecule has 2 aromatic heterocycles. The normalized spacial score (nSPS) is 11.5. The second-order valence-corrected chi connectivity index (χ2v) is 4.71. The molecule has 0 unspecified atom stereocenters. The topological polar surface area (TPSA) is 106 Å². The summed E-state index contributed by atoms with van der Waals surface area (Å²) in [5, 5.41) is 23.3. The summed E-state index contributed by atoms with van der Waals surface area (Å²) >= 11 is 0. The fourth-order valence-electron chi connectivity index (χ4n) is 1.40. The highest BCUT2D eigenvalue weighted by Gasteiger charge is 2.20. The van der Waals surface area contributed by atoms with Crippen LogP contribution in [-0.2, 0) is 11.3 Å². The highest BCUT2D eigenvalue weighted by atomic mass is 16.3. The van der Waals surface area contributed by atoms with Crippen LogP contribution in [0.25, 0.3) is 11.6 Å². The van der Waals surface area contributed by atoms with E-state index in [1.165, 1.54) is 11.1 Å². The molecule has 0 aliphatic rings. The number of aromatic nitrogens is 4. The number of rotatable bonds is 5. The monoisotopic (exact) mass is 265 g/mol. The van der Waals surface area contributed by atoms with Gasteiger partial charge in [-0.2, -0.15) is 4.80 Å². The highest BCUT2D eigenvalue weighted by molar-refractivity contribution is 5.76. The van der Waals surface area contributed by atoms with E-state index in [-0.39, 0.29) is 19.1 Å². The Balaban J connectivity index is 1.99. The lowest BCUT2D eigenvalue weighted by Gasteiger charge is -2.22. The number of aliphatic hydroxyl groups is 1. The molecule has 102 valence electrons. The summed E-state index contributed by atoms with van der Waals surface area (Å²) in [4.78, 5) is 12.9. The van der Waals surface area contributed by atoms with Gasteiger partial charge in [-0.25, -0.2) is 0 Å². The van der Waals surface area contributed by atoms with E-state index in [0.29, 0.717) is 11.6 Å². The fraction of sp³-hybridized carbons (Fsp3) is 0.455. The number of nitrogens with zero attached hydrogens (tertiary/aromatic N) is 4. The van der Waals surface area contributed by atoms with E-state index in [9.17, 15) is 4.79 Å². The van der Waals surface area contributed by atoms with Crippen molar-refractivity contribution in [1.29, 1.82) is 0 Å². The van der Waals surface area contributed by atoms with E-state index in [1.54, 1.807) is 26.0 Å². The van der Waals surface area contributed by atoms with Crippen molar-refractivity contribution in [2.45, 2.75) is 25.9 Å². The van der Waals surface area contributed by atoms with Gasteiger partial charge in [-0.05, 0) is 31.2 Å². The van der Waals surface area contributed by atoms with Crippen LogP contribution in [0.1, 0.15) is 13.8 Å². The molecule has 8 heteroatoms. The summed E-state index contributed by atoms with van der Waals surface area (Å²) in [5.74, 6) is 0.504. The summed E-state index contributed by atoms with van der Waals surface area (Å²) in [6.45, 7) is 3.21. The van der Waals surface area contributed by atoms with Gasteiger partial charge in [0.15, 0.2) is 5.76 Å². The van der Waals surface area contributed by atoms with Crippen LogP contribution in [0.2, 0.25) is 0 Å². The molecule has 2 rings (SSSR count). The Labute approximate surface area is 109 Å². The van der Waals surface area contributed by atoms with Gasteiger partial charge in [-0.3, -0.25) is 4.79 Å². The van der Waals surface area contributed by atoms with Gasteiger partial charge in [0.05, 0.1) is 18.4 Å². The van der Waals surface area contributed by atoms with Crippen LogP contribution in [0.5, 0.6) is 0 Å². The average molecular weight is 265 g/mol. The lowest BCUT2D eigenvalue weighted by molar-refractivity contribution is -0.124. The lowest BCUT2D eigenvalue weighted by atomic mass is 10.1. The van der Waals surface area contributed by atoms with Gasteiger partial charge in [-0.15, -0.1) is 10.2 Å². The van der Waals surface area contributed by atoms with Crippen LogP contribution in [0.15, 0.2) is 22.8 Å². The number of furan rings is 1. The third-order valence-corrected chi connectivity index (χ3v) is 2.35. The van der Waals surface area contributed by atoms with Gasteiger partial charge in [0, 0.05) is 0 Å². The predicted molar refractivity (Wildman–Crippen MR) is 64.8 cm³/mol. The minimum Gasteiger partial charge on any atom is -0.461 e. The Morgan fingerprint density at radius 2 is 2.37 bits per heavy atom. The molecule has 0 saturated carbocycles. The maximum atomic E-state index is 11.7. The predicted octanol–water partition coefficient (Wildman–Crippen LogP) is -0.180. The van der Waals surface area contributed by atoms with Gasteiger partial charge < -0.3 is 14.8 Å². The van der Waals surface area contributed by atoms with Crippen molar-refractivity contribution in [2.24, 2.45) is 0 Å². The average Bonchev–Trinajstić information content (AvgIpc) is 2.97. The summed E-state index contributed by atoms with van der Waals surface area (Å²) in [5.41, 5.74) is -0.679. The second kappa shape index (κ2) is 5.19. The highest BCUT2D eigenvalue weighted by Crippen LogP contribution is 2.12. The summed E-state index contributed by atoms with van der Waals surface area (Å²) in [7, 11) is 0. The zero-order valence-electron chi connectivity index (χ0n) is 10.7. The van der Waals surface area contributed by atoms with Crippen LogP contribution in [-0.4, -0.2) is 43.4 Å². The SMILES string of the molecule is CC(C)(CO)NC(=O)Cn1nnc(-c2ccco2)n1.